The highest BCUT2D eigenvalue weighted by molar-refractivity contribution is 6.30. The van der Waals surface area contributed by atoms with Crippen LogP contribution in [0.15, 0.2) is 84.9 Å². The molecule has 0 bridgehead atoms. The lowest BCUT2D eigenvalue weighted by Crippen LogP contribution is -2.40. The highest BCUT2D eigenvalue weighted by atomic mass is 35.5. The van der Waals surface area contributed by atoms with Gasteiger partial charge in [-0.25, -0.2) is 0 Å². The Morgan fingerprint density at radius 3 is 1.96 bits per heavy atom. The third-order valence-corrected chi connectivity index (χ3v) is 4.24. The highest BCUT2D eigenvalue weighted by Crippen LogP contribution is 2.37. The summed E-state index contributed by atoms with van der Waals surface area (Å²) in [6.07, 6.45) is 0. The van der Waals surface area contributed by atoms with Gasteiger partial charge in [-0.1, -0.05) is 72.3 Å². The van der Waals surface area contributed by atoms with Crippen molar-refractivity contribution in [2.75, 3.05) is 5.32 Å². The average molecular weight is 372 g/mol. The van der Waals surface area contributed by atoms with E-state index in [9.17, 15) is 4.79 Å². The number of carbonyl (C=O) groups excluding carboxylic acids is 1. The summed E-state index contributed by atoms with van der Waals surface area (Å²) in [7, 11) is 0. The molecule has 3 rings (SSSR count). The van der Waals surface area contributed by atoms with E-state index in [2.05, 4.69) is 5.32 Å². The summed E-state index contributed by atoms with van der Waals surface area (Å²) in [4.78, 5) is 12.5. The number of ketones is 1. The summed E-state index contributed by atoms with van der Waals surface area (Å²) in [6, 6.07) is 20.7. The van der Waals surface area contributed by atoms with Crippen LogP contribution in [0.2, 0.25) is 5.02 Å². The van der Waals surface area contributed by atoms with Crippen molar-refractivity contribution in [2.24, 2.45) is 0 Å². The SMILES string of the molecule is O=C(c1ccccc1)C(F)(F)C(Nc1ccc(Cl)cc1)c1ccccc1. The van der Waals surface area contributed by atoms with Gasteiger partial charge in [0.15, 0.2) is 0 Å². The van der Waals surface area contributed by atoms with E-state index in [0.29, 0.717) is 16.3 Å². The molecule has 1 N–H and O–H groups in total. The lowest BCUT2D eigenvalue weighted by atomic mass is 9.93. The molecule has 3 aromatic carbocycles. The van der Waals surface area contributed by atoms with E-state index in [-0.39, 0.29) is 5.56 Å². The van der Waals surface area contributed by atoms with E-state index < -0.39 is 17.7 Å². The Labute approximate surface area is 155 Å². The first-order valence-electron chi connectivity index (χ1n) is 8.03. The number of hydrogen-bond donors (Lipinski definition) is 1. The molecule has 0 saturated carbocycles. The van der Waals surface area contributed by atoms with Crippen LogP contribution in [0.5, 0.6) is 0 Å². The molecule has 0 spiro atoms. The van der Waals surface area contributed by atoms with E-state index in [1.165, 1.54) is 12.1 Å². The van der Waals surface area contributed by atoms with Crippen molar-refractivity contribution in [3.05, 3.63) is 101 Å². The normalized spacial score (nSPS) is 12.4. The van der Waals surface area contributed by atoms with Crippen LogP contribution in [0, 0.1) is 0 Å². The summed E-state index contributed by atoms with van der Waals surface area (Å²) in [6.45, 7) is 0. The van der Waals surface area contributed by atoms with Gasteiger partial charge in [0.1, 0.15) is 6.04 Å². The molecular weight excluding hydrogens is 356 g/mol. The predicted molar refractivity (Wildman–Crippen MR) is 100.0 cm³/mol. The van der Waals surface area contributed by atoms with E-state index in [1.807, 2.05) is 0 Å². The van der Waals surface area contributed by atoms with Crippen molar-refractivity contribution in [3.63, 3.8) is 0 Å². The van der Waals surface area contributed by atoms with Gasteiger partial charge in [0, 0.05) is 16.3 Å². The van der Waals surface area contributed by atoms with Gasteiger partial charge in [-0.3, -0.25) is 4.79 Å². The van der Waals surface area contributed by atoms with Crippen molar-refractivity contribution in [3.8, 4) is 0 Å². The smallest absolute Gasteiger partial charge is 0.333 e. The molecule has 1 unspecified atom stereocenters. The number of hydrogen-bond acceptors (Lipinski definition) is 2. The van der Waals surface area contributed by atoms with Crippen LogP contribution in [0.4, 0.5) is 14.5 Å². The van der Waals surface area contributed by atoms with E-state index in [0.717, 1.165) is 0 Å². The number of rotatable bonds is 6. The molecule has 132 valence electrons. The molecule has 0 aliphatic heterocycles. The molecule has 0 saturated heterocycles. The largest absolute Gasteiger partial charge is 0.372 e. The standard InChI is InChI=1S/C21H16ClF2NO/c22-17-11-13-18(14-12-17)25-19(15-7-3-1-4-8-15)21(23,24)20(26)16-9-5-2-6-10-16/h1-14,19,25H. The van der Waals surface area contributed by atoms with Gasteiger partial charge in [-0.05, 0) is 29.8 Å². The Kier molecular flexibility index (Phi) is 5.33. The fourth-order valence-electron chi connectivity index (χ4n) is 2.65. The first kappa shape index (κ1) is 18.1. The number of benzene rings is 3. The van der Waals surface area contributed by atoms with Crippen LogP contribution < -0.4 is 5.32 Å². The predicted octanol–water partition coefficient (Wildman–Crippen LogP) is 6.01. The Morgan fingerprint density at radius 2 is 1.38 bits per heavy atom. The second kappa shape index (κ2) is 7.67. The zero-order valence-corrected chi connectivity index (χ0v) is 14.5. The number of anilines is 1. The number of nitrogens with one attached hydrogen (secondary N) is 1. The molecule has 5 heteroatoms. The lowest BCUT2D eigenvalue weighted by Gasteiger charge is -2.28. The summed E-state index contributed by atoms with van der Waals surface area (Å²) >= 11 is 5.86. The van der Waals surface area contributed by atoms with Gasteiger partial charge in [0.2, 0.25) is 5.78 Å². The zero-order valence-electron chi connectivity index (χ0n) is 13.7. The molecule has 1 atom stereocenters. The Balaban J connectivity index is 1.99. The minimum atomic E-state index is -3.65. The maximum Gasteiger partial charge on any atom is 0.333 e. The topological polar surface area (TPSA) is 29.1 Å². The quantitative estimate of drug-likeness (QED) is 0.537. The maximum atomic E-state index is 15.2. The fraction of sp³-hybridized carbons (Fsp3) is 0.0952. The first-order valence-corrected chi connectivity index (χ1v) is 8.41. The van der Waals surface area contributed by atoms with Gasteiger partial charge in [-0.2, -0.15) is 8.78 Å². The second-order valence-corrected chi connectivity index (χ2v) is 6.25. The molecule has 3 aromatic rings. The van der Waals surface area contributed by atoms with Gasteiger partial charge in [0.25, 0.3) is 0 Å². The Bertz CT molecular complexity index is 868. The highest BCUT2D eigenvalue weighted by Gasteiger charge is 2.48. The minimum absolute atomic E-state index is 0.0312. The molecule has 0 amide bonds. The van der Waals surface area contributed by atoms with Crippen LogP contribution in [-0.2, 0) is 0 Å². The van der Waals surface area contributed by atoms with Crippen molar-refractivity contribution in [1.82, 2.24) is 0 Å². The molecular formula is C21H16ClF2NO. The molecule has 0 aliphatic rings. The van der Waals surface area contributed by atoms with Crippen LogP contribution in [-0.4, -0.2) is 11.7 Å². The first-order chi connectivity index (χ1) is 12.5. The minimum Gasteiger partial charge on any atom is -0.372 e. The van der Waals surface area contributed by atoms with Crippen LogP contribution >= 0.6 is 11.6 Å². The lowest BCUT2D eigenvalue weighted by molar-refractivity contribution is -0.00268. The van der Waals surface area contributed by atoms with Crippen LogP contribution in [0.25, 0.3) is 0 Å². The van der Waals surface area contributed by atoms with Gasteiger partial charge < -0.3 is 5.32 Å². The number of halogens is 3. The third kappa shape index (κ3) is 3.92. The summed E-state index contributed by atoms with van der Waals surface area (Å²) in [5.41, 5.74) is 0.733. The molecule has 2 nitrogen and oxygen atoms in total. The molecule has 0 heterocycles. The maximum absolute atomic E-state index is 15.2. The summed E-state index contributed by atoms with van der Waals surface area (Å²) in [5, 5.41) is 3.28. The van der Waals surface area contributed by atoms with Crippen molar-refractivity contribution < 1.29 is 13.6 Å². The third-order valence-electron chi connectivity index (χ3n) is 3.99. The zero-order chi connectivity index (χ0) is 18.6. The van der Waals surface area contributed by atoms with Crippen molar-refractivity contribution in [2.45, 2.75) is 12.0 Å². The van der Waals surface area contributed by atoms with Gasteiger partial charge >= 0.3 is 5.92 Å². The molecule has 0 radical (unpaired) electrons. The monoisotopic (exact) mass is 371 g/mol. The number of Topliss-reactive ketones (excluding diaryl/α,β-unsaturated/α-hetero) is 1. The van der Waals surface area contributed by atoms with Crippen molar-refractivity contribution >= 4 is 23.1 Å². The Morgan fingerprint density at radius 1 is 0.846 bits per heavy atom. The van der Waals surface area contributed by atoms with Crippen molar-refractivity contribution in [1.29, 1.82) is 0 Å². The van der Waals surface area contributed by atoms with Gasteiger partial charge in [-0.15, -0.1) is 0 Å². The van der Waals surface area contributed by atoms with Crippen LogP contribution in [0.3, 0.4) is 0 Å². The van der Waals surface area contributed by atoms with Crippen LogP contribution in [0.1, 0.15) is 22.0 Å². The number of carbonyl (C=O) groups is 1. The molecule has 0 aliphatic carbocycles. The Hall–Kier alpha value is -2.72. The van der Waals surface area contributed by atoms with E-state index in [4.69, 9.17) is 11.6 Å². The summed E-state index contributed by atoms with van der Waals surface area (Å²) in [5.74, 6) is -4.88. The molecule has 26 heavy (non-hydrogen) atoms. The van der Waals surface area contributed by atoms with E-state index in [1.54, 1.807) is 72.8 Å². The molecule has 0 aromatic heterocycles. The number of alkyl halides is 2. The fourth-order valence-corrected chi connectivity index (χ4v) is 2.78. The van der Waals surface area contributed by atoms with Gasteiger partial charge in [0.05, 0.1) is 0 Å². The summed E-state index contributed by atoms with van der Waals surface area (Å²) < 4.78 is 30.4. The second-order valence-electron chi connectivity index (χ2n) is 5.81. The average Bonchev–Trinajstić information content (AvgIpc) is 2.68. The van der Waals surface area contributed by atoms with E-state index >= 15 is 8.78 Å². The molecule has 0 fully saturated rings.